The molecule has 0 unspecified atom stereocenters. The standard InChI is InChI=1S/C14H14BrNO4/c1-8-12(9(2)20-16-8)7-19-14(18)13(17)10-3-5-11(15)6-4-10/h3-6,13,17H,7H2,1-2H3/t13-/m1/s1. The van der Waals surface area contributed by atoms with Crippen molar-refractivity contribution in [3.8, 4) is 0 Å². The average molecular weight is 340 g/mol. The van der Waals surface area contributed by atoms with E-state index < -0.39 is 12.1 Å². The summed E-state index contributed by atoms with van der Waals surface area (Å²) in [6, 6.07) is 6.82. The highest BCUT2D eigenvalue weighted by molar-refractivity contribution is 9.10. The summed E-state index contributed by atoms with van der Waals surface area (Å²) < 4.78 is 10.9. The highest BCUT2D eigenvalue weighted by Crippen LogP contribution is 2.19. The van der Waals surface area contributed by atoms with Crippen LogP contribution in [0.5, 0.6) is 0 Å². The minimum atomic E-state index is -1.30. The summed E-state index contributed by atoms with van der Waals surface area (Å²) >= 11 is 3.29. The second-order valence-corrected chi connectivity index (χ2v) is 5.28. The van der Waals surface area contributed by atoms with Crippen LogP contribution in [0.1, 0.15) is 28.7 Å². The van der Waals surface area contributed by atoms with Crippen molar-refractivity contribution in [3.05, 3.63) is 51.3 Å². The molecule has 2 rings (SSSR count). The number of benzene rings is 1. The number of hydrogen-bond donors (Lipinski definition) is 1. The molecule has 0 radical (unpaired) electrons. The molecule has 0 aliphatic carbocycles. The Hall–Kier alpha value is -1.66. The van der Waals surface area contributed by atoms with Crippen LogP contribution >= 0.6 is 15.9 Å². The fraction of sp³-hybridized carbons (Fsp3) is 0.286. The predicted molar refractivity (Wildman–Crippen MR) is 74.9 cm³/mol. The van der Waals surface area contributed by atoms with Crippen LogP contribution < -0.4 is 0 Å². The van der Waals surface area contributed by atoms with Gasteiger partial charge in [0.15, 0.2) is 6.10 Å². The third-order valence-electron chi connectivity index (χ3n) is 2.95. The third kappa shape index (κ3) is 3.26. The fourth-order valence-corrected chi connectivity index (χ4v) is 1.98. The summed E-state index contributed by atoms with van der Waals surface area (Å²) in [4.78, 5) is 11.8. The molecule has 0 fully saturated rings. The van der Waals surface area contributed by atoms with E-state index in [9.17, 15) is 9.90 Å². The first-order chi connectivity index (χ1) is 9.49. The third-order valence-corrected chi connectivity index (χ3v) is 3.48. The van der Waals surface area contributed by atoms with Gasteiger partial charge in [-0.1, -0.05) is 33.2 Å². The Kier molecular flexibility index (Phi) is 4.57. The zero-order valence-corrected chi connectivity index (χ0v) is 12.7. The molecule has 0 saturated heterocycles. The van der Waals surface area contributed by atoms with Crippen molar-refractivity contribution in [3.63, 3.8) is 0 Å². The number of ether oxygens (including phenoxy) is 1. The summed E-state index contributed by atoms with van der Waals surface area (Å²) in [6.07, 6.45) is -1.30. The molecular weight excluding hydrogens is 326 g/mol. The molecule has 1 aromatic heterocycles. The average Bonchev–Trinajstić information content (AvgIpc) is 2.75. The monoisotopic (exact) mass is 339 g/mol. The van der Waals surface area contributed by atoms with E-state index in [4.69, 9.17) is 9.26 Å². The van der Waals surface area contributed by atoms with Crippen LogP contribution in [-0.2, 0) is 16.1 Å². The van der Waals surface area contributed by atoms with Gasteiger partial charge in [-0.25, -0.2) is 4.79 Å². The van der Waals surface area contributed by atoms with Gasteiger partial charge in [0, 0.05) is 4.47 Å². The van der Waals surface area contributed by atoms with Crippen molar-refractivity contribution in [1.29, 1.82) is 0 Å². The van der Waals surface area contributed by atoms with E-state index in [1.807, 2.05) is 0 Å². The van der Waals surface area contributed by atoms with Crippen LogP contribution in [0.4, 0.5) is 0 Å². The topological polar surface area (TPSA) is 72.6 Å². The summed E-state index contributed by atoms with van der Waals surface area (Å²) in [5.41, 5.74) is 1.88. The first-order valence-corrected chi connectivity index (χ1v) is 6.80. The van der Waals surface area contributed by atoms with Gasteiger partial charge in [-0.15, -0.1) is 0 Å². The smallest absolute Gasteiger partial charge is 0.339 e. The molecule has 0 spiro atoms. The van der Waals surface area contributed by atoms with Crippen molar-refractivity contribution in [2.24, 2.45) is 0 Å². The molecule has 0 aliphatic rings. The maximum atomic E-state index is 11.8. The summed E-state index contributed by atoms with van der Waals surface area (Å²) in [5.74, 6) is -0.0965. The van der Waals surface area contributed by atoms with Gasteiger partial charge in [-0.2, -0.15) is 0 Å². The van der Waals surface area contributed by atoms with Crippen LogP contribution in [0, 0.1) is 13.8 Å². The Balaban J connectivity index is 2.00. The minimum Gasteiger partial charge on any atom is -0.458 e. The maximum absolute atomic E-state index is 11.8. The van der Waals surface area contributed by atoms with E-state index in [1.165, 1.54) is 0 Å². The van der Waals surface area contributed by atoms with Gasteiger partial charge >= 0.3 is 5.97 Å². The van der Waals surface area contributed by atoms with Gasteiger partial charge < -0.3 is 14.4 Å². The molecule has 0 aliphatic heterocycles. The van der Waals surface area contributed by atoms with Gasteiger partial charge in [-0.3, -0.25) is 0 Å². The number of rotatable bonds is 4. The van der Waals surface area contributed by atoms with Crippen molar-refractivity contribution >= 4 is 21.9 Å². The molecule has 1 aromatic carbocycles. The van der Waals surface area contributed by atoms with Crippen molar-refractivity contribution < 1.29 is 19.2 Å². The molecule has 106 valence electrons. The lowest BCUT2D eigenvalue weighted by Gasteiger charge is -2.11. The van der Waals surface area contributed by atoms with E-state index in [1.54, 1.807) is 38.1 Å². The molecule has 0 saturated carbocycles. The van der Waals surface area contributed by atoms with Crippen LogP contribution in [0.2, 0.25) is 0 Å². The zero-order chi connectivity index (χ0) is 14.7. The second kappa shape index (κ2) is 6.19. The molecule has 0 bridgehead atoms. The Labute approximate surface area is 124 Å². The molecule has 1 atom stereocenters. The lowest BCUT2D eigenvalue weighted by Crippen LogP contribution is -2.15. The number of aliphatic hydroxyl groups excluding tert-OH is 1. The number of hydrogen-bond acceptors (Lipinski definition) is 5. The highest BCUT2D eigenvalue weighted by atomic mass is 79.9. The Bertz CT molecular complexity index is 587. The Morgan fingerprint density at radius 3 is 2.60 bits per heavy atom. The van der Waals surface area contributed by atoms with Crippen LogP contribution in [-0.4, -0.2) is 16.2 Å². The number of aliphatic hydroxyl groups is 1. The van der Waals surface area contributed by atoms with E-state index in [-0.39, 0.29) is 6.61 Å². The van der Waals surface area contributed by atoms with E-state index in [0.717, 1.165) is 10.0 Å². The quantitative estimate of drug-likeness (QED) is 0.867. The summed E-state index contributed by atoms with van der Waals surface area (Å²) in [6.45, 7) is 3.55. The predicted octanol–water partition coefficient (Wildman–Crippen LogP) is 2.83. The number of carbonyl (C=O) groups excluding carboxylic acids is 1. The van der Waals surface area contributed by atoms with Gasteiger partial charge in [-0.05, 0) is 31.5 Å². The number of carbonyl (C=O) groups is 1. The molecule has 1 N–H and O–H groups in total. The van der Waals surface area contributed by atoms with Crippen molar-refractivity contribution in [2.75, 3.05) is 0 Å². The second-order valence-electron chi connectivity index (χ2n) is 4.36. The Morgan fingerprint density at radius 1 is 1.40 bits per heavy atom. The van der Waals surface area contributed by atoms with Crippen LogP contribution in [0.3, 0.4) is 0 Å². The molecule has 5 nitrogen and oxygen atoms in total. The van der Waals surface area contributed by atoms with Crippen LogP contribution in [0.25, 0.3) is 0 Å². The maximum Gasteiger partial charge on any atom is 0.339 e. The van der Waals surface area contributed by atoms with Crippen molar-refractivity contribution in [1.82, 2.24) is 5.16 Å². The SMILES string of the molecule is Cc1noc(C)c1COC(=O)[C@H](O)c1ccc(Br)cc1. The van der Waals surface area contributed by atoms with E-state index in [2.05, 4.69) is 21.1 Å². The number of aromatic nitrogens is 1. The number of esters is 1. The Morgan fingerprint density at radius 2 is 2.05 bits per heavy atom. The minimum absolute atomic E-state index is 0.0353. The normalized spacial score (nSPS) is 12.2. The highest BCUT2D eigenvalue weighted by Gasteiger charge is 2.20. The lowest BCUT2D eigenvalue weighted by atomic mass is 10.1. The number of nitrogens with zero attached hydrogens (tertiary/aromatic N) is 1. The van der Waals surface area contributed by atoms with Crippen molar-refractivity contribution in [2.45, 2.75) is 26.6 Å². The number of halogens is 1. The first kappa shape index (κ1) is 14.7. The van der Waals surface area contributed by atoms with Gasteiger partial charge in [0.25, 0.3) is 0 Å². The number of aryl methyl sites for hydroxylation is 2. The molecule has 20 heavy (non-hydrogen) atoms. The summed E-state index contributed by atoms with van der Waals surface area (Å²) in [5, 5.41) is 13.7. The molecular formula is C14H14BrNO4. The van der Waals surface area contributed by atoms with E-state index in [0.29, 0.717) is 17.0 Å². The molecule has 2 aromatic rings. The van der Waals surface area contributed by atoms with Gasteiger partial charge in [0.05, 0.1) is 11.3 Å². The van der Waals surface area contributed by atoms with E-state index >= 15 is 0 Å². The van der Waals surface area contributed by atoms with Gasteiger partial charge in [0.2, 0.25) is 0 Å². The molecule has 1 heterocycles. The first-order valence-electron chi connectivity index (χ1n) is 6.01. The van der Waals surface area contributed by atoms with Gasteiger partial charge in [0.1, 0.15) is 12.4 Å². The lowest BCUT2D eigenvalue weighted by molar-refractivity contribution is -0.155. The fourth-order valence-electron chi connectivity index (χ4n) is 1.71. The van der Waals surface area contributed by atoms with Crippen LogP contribution in [0.15, 0.2) is 33.3 Å². The zero-order valence-electron chi connectivity index (χ0n) is 11.1. The molecule has 0 amide bonds. The summed E-state index contributed by atoms with van der Waals surface area (Å²) in [7, 11) is 0. The molecule has 6 heteroatoms. The largest absolute Gasteiger partial charge is 0.458 e.